The number of aliphatic carboxylic acids is 1. The van der Waals surface area contributed by atoms with Crippen molar-refractivity contribution in [3.05, 3.63) is 0 Å². The molecule has 0 radical (unpaired) electrons. The number of carbonyl (C=O) groups excluding carboxylic acids is 2. The molecular weight excluding hydrogens is 188 g/mol. The Kier molecular flexibility index (Phi) is 3.06. The van der Waals surface area contributed by atoms with Gasteiger partial charge in [-0.05, 0) is 6.42 Å². The zero-order chi connectivity index (χ0) is 10.7. The summed E-state index contributed by atoms with van der Waals surface area (Å²) in [5, 5.41) is 10.9. The van der Waals surface area contributed by atoms with Gasteiger partial charge in [0.1, 0.15) is 12.6 Å². The Hall–Kier alpha value is -1.59. The van der Waals surface area contributed by atoms with Crippen LogP contribution in [0.1, 0.15) is 12.8 Å². The third-order valence-corrected chi connectivity index (χ3v) is 2.04. The Morgan fingerprint density at radius 1 is 1.64 bits per heavy atom. The first-order valence-electron chi connectivity index (χ1n) is 4.27. The molecule has 1 aliphatic rings. The van der Waals surface area contributed by atoms with Gasteiger partial charge in [0, 0.05) is 13.5 Å². The average molecular weight is 200 g/mol. The fourth-order valence-electron chi connectivity index (χ4n) is 1.35. The first-order chi connectivity index (χ1) is 6.50. The van der Waals surface area contributed by atoms with Gasteiger partial charge in [0.2, 0.25) is 11.8 Å². The predicted octanol–water partition coefficient (Wildman–Crippen LogP) is -1.19. The van der Waals surface area contributed by atoms with E-state index in [9.17, 15) is 14.4 Å². The van der Waals surface area contributed by atoms with Crippen LogP contribution in [0.4, 0.5) is 0 Å². The van der Waals surface area contributed by atoms with Crippen molar-refractivity contribution >= 4 is 17.8 Å². The summed E-state index contributed by atoms with van der Waals surface area (Å²) in [6, 6.07) is -0.549. The van der Waals surface area contributed by atoms with Crippen molar-refractivity contribution in [2.24, 2.45) is 0 Å². The van der Waals surface area contributed by atoms with Gasteiger partial charge in [0.15, 0.2) is 0 Å². The molecule has 0 aromatic rings. The van der Waals surface area contributed by atoms with E-state index in [1.807, 2.05) is 0 Å². The van der Waals surface area contributed by atoms with Crippen molar-refractivity contribution in [2.75, 3.05) is 13.6 Å². The van der Waals surface area contributed by atoms with Crippen LogP contribution in [0, 0.1) is 0 Å². The maximum absolute atomic E-state index is 11.5. The fourth-order valence-corrected chi connectivity index (χ4v) is 1.35. The highest BCUT2D eigenvalue weighted by atomic mass is 16.4. The third kappa shape index (κ3) is 2.45. The highest BCUT2D eigenvalue weighted by Gasteiger charge is 2.29. The number of hydrogen-bond acceptors (Lipinski definition) is 3. The molecule has 6 nitrogen and oxygen atoms in total. The van der Waals surface area contributed by atoms with Gasteiger partial charge < -0.3 is 15.3 Å². The van der Waals surface area contributed by atoms with Gasteiger partial charge in [-0.15, -0.1) is 0 Å². The molecule has 1 fully saturated rings. The van der Waals surface area contributed by atoms with Crippen LogP contribution in [-0.2, 0) is 14.4 Å². The van der Waals surface area contributed by atoms with E-state index in [0.717, 1.165) is 4.90 Å². The molecule has 0 aromatic heterocycles. The zero-order valence-corrected chi connectivity index (χ0v) is 7.82. The molecule has 0 bridgehead atoms. The molecule has 0 aliphatic carbocycles. The molecular formula is C8H12N2O4. The summed E-state index contributed by atoms with van der Waals surface area (Å²) >= 11 is 0. The van der Waals surface area contributed by atoms with Crippen molar-refractivity contribution in [3.63, 3.8) is 0 Å². The molecule has 1 atom stereocenters. The second-order valence-corrected chi connectivity index (χ2v) is 3.25. The second-order valence-electron chi connectivity index (χ2n) is 3.25. The summed E-state index contributed by atoms with van der Waals surface area (Å²) in [6.07, 6.45) is 0.777. The van der Waals surface area contributed by atoms with Crippen molar-refractivity contribution in [3.8, 4) is 0 Å². The predicted molar refractivity (Wildman–Crippen MR) is 46.4 cm³/mol. The number of carboxylic acids is 1. The number of likely N-dealkylation sites (N-methyl/N-ethyl adjacent to an activating group) is 1. The number of nitrogens with one attached hydrogen (secondary N) is 1. The fraction of sp³-hybridized carbons (Fsp3) is 0.625. The Morgan fingerprint density at radius 2 is 2.29 bits per heavy atom. The van der Waals surface area contributed by atoms with Crippen molar-refractivity contribution in [2.45, 2.75) is 18.9 Å². The van der Waals surface area contributed by atoms with Gasteiger partial charge in [0.05, 0.1) is 0 Å². The van der Waals surface area contributed by atoms with E-state index < -0.39 is 12.0 Å². The summed E-state index contributed by atoms with van der Waals surface area (Å²) in [5.74, 6) is -1.57. The number of carboxylic acid groups (broad SMARTS) is 1. The van der Waals surface area contributed by atoms with Crippen LogP contribution in [0.2, 0.25) is 0 Å². The lowest BCUT2D eigenvalue weighted by molar-refractivity contribution is -0.144. The third-order valence-electron chi connectivity index (χ3n) is 2.04. The van der Waals surface area contributed by atoms with Gasteiger partial charge in [-0.3, -0.25) is 14.4 Å². The van der Waals surface area contributed by atoms with Crippen LogP contribution in [0.3, 0.4) is 0 Å². The minimum atomic E-state index is -1.06. The smallest absolute Gasteiger partial charge is 0.323 e. The Morgan fingerprint density at radius 3 is 2.71 bits per heavy atom. The molecule has 1 rings (SSSR count). The molecule has 14 heavy (non-hydrogen) atoms. The van der Waals surface area contributed by atoms with Gasteiger partial charge in [-0.1, -0.05) is 0 Å². The van der Waals surface area contributed by atoms with Gasteiger partial charge >= 0.3 is 5.97 Å². The lowest BCUT2D eigenvalue weighted by atomic mass is 10.2. The molecule has 6 heteroatoms. The van der Waals surface area contributed by atoms with Crippen LogP contribution in [0.25, 0.3) is 0 Å². The van der Waals surface area contributed by atoms with Crippen LogP contribution in [-0.4, -0.2) is 47.4 Å². The zero-order valence-electron chi connectivity index (χ0n) is 7.82. The number of hydrogen-bond donors (Lipinski definition) is 2. The van der Waals surface area contributed by atoms with E-state index in [-0.39, 0.29) is 18.4 Å². The molecule has 2 amide bonds. The normalized spacial score (nSPS) is 20.4. The van der Waals surface area contributed by atoms with E-state index in [1.165, 1.54) is 7.05 Å². The lowest BCUT2D eigenvalue weighted by Crippen LogP contribution is -2.44. The minimum absolute atomic E-state index is 0.160. The van der Waals surface area contributed by atoms with Crippen molar-refractivity contribution in [1.29, 1.82) is 0 Å². The molecule has 0 saturated carbocycles. The number of carbonyl (C=O) groups is 3. The molecule has 0 unspecified atom stereocenters. The average Bonchev–Trinajstić information content (AvgIpc) is 2.49. The molecule has 78 valence electrons. The summed E-state index contributed by atoms with van der Waals surface area (Å²) in [6.45, 7) is -0.342. The first-order valence-corrected chi connectivity index (χ1v) is 4.27. The van der Waals surface area contributed by atoms with E-state index in [4.69, 9.17) is 5.11 Å². The highest BCUT2D eigenvalue weighted by molar-refractivity contribution is 5.91. The molecule has 1 heterocycles. The second kappa shape index (κ2) is 4.08. The van der Waals surface area contributed by atoms with Crippen LogP contribution in [0.15, 0.2) is 0 Å². The Balaban J connectivity index is 2.48. The summed E-state index contributed by atoms with van der Waals surface area (Å²) < 4.78 is 0. The van der Waals surface area contributed by atoms with Gasteiger partial charge in [-0.25, -0.2) is 0 Å². The van der Waals surface area contributed by atoms with Crippen LogP contribution >= 0.6 is 0 Å². The number of amides is 2. The Bertz CT molecular complexity index is 277. The maximum atomic E-state index is 11.5. The summed E-state index contributed by atoms with van der Waals surface area (Å²) in [7, 11) is 1.40. The van der Waals surface area contributed by atoms with E-state index >= 15 is 0 Å². The van der Waals surface area contributed by atoms with Crippen molar-refractivity contribution < 1.29 is 19.5 Å². The monoisotopic (exact) mass is 200 g/mol. The molecule has 2 N–H and O–H groups in total. The Labute approximate surface area is 80.9 Å². The lowest BCUT2D eigenvalue weighted by Gasteiger charge is -2.18. The maximum Gasteiger partial charge on any atom is 0.323 e. The quantitative estimate of drug-likeness (QED) is 0.599. The highest BCUT2D eigenvalue weighted by Crippen LogP contribution is 2.08. The number of nitrogens with zero attached hydrogens (tertiary/aromatic N) is 1. The topological polar surface area (TPSA) is 86.7 Å². The summed E-state index contributed by atoms with van der Waals surface area (Å²) in [4.78, 5) is 33.7. The summed E-state index contributed by atoms with van der Waals surface area (Å²) in [5.41, 5.74) is 0. The van der Waals surface area contributed by atoms with Crippen LogP contribution in [0.5, 0.6) is 0 Å². The first kappa shape index (κ1) is 10.5. The van der Waals surface area contributed by atoms with E-state index in [2.05, 4.69) is 5.32 Å². The van der Waals surface area contributed by atoms with Gasteiger partial charge in [0.25, 0.3) is 0 Å². The molecule has 1 aliphatic heterocycles. The standard InChI is InChI=1S/C8H12N2O4/c1-10(4-7(12)13)8(14)5-2-3-6(11)9-5/h5H,2-4H2,1H3,(H,9,11)(H,12,13)/t5-/m0/s1. The van der Waals surface area contributed by atoms with E-state index in [1.54, 1.807) is 0 Å². The molecule has 1 saturated heterocycles. The molecule has 0 spiro atoms. The molecule has 0 aromatic carbocycles. The number of rotatable bonds is 3. The van der Waals surface area contributed by atoms with Gasteiger partial charge in [-0.2, -0.15) is 0 Å². The van der Waals surface area contributed by atoms with E-state index in [0.29, 0.717) is 12.8 Å². The largest absolute Gasteiger partial charge is 0.480 e. The van der Waals surface area contributed by atoms with Crippen LogP contribution < -0.4 is 5.32 Å². The minimum Gasteiger partial charge on any atom is -0.480 e. The van der Waals surface area contributed by atoms with Crippen molar-refractivity contribution in [1.82, 2.24) is 10.2 Å². The SMILES string of the molecule is CN(CC(=O)O)C(=O)[C@@H]1CCC(=O)N1.